The molecule has 0 aromatic rings. The van der Waals surface area contributed by atoms with Crippen LogP contribution in [0.25, 0.3) is 0 Å². The van der Waals surface area contributed by atoms with E-state index in [4.69, 9.17) is 6.42 Å². The lowest BCUT2D eigenvalue weighted by Gasteiger charge is -1.64. The minimum Gasteiger partial charge on any atom is -0.295 e. The molecule has 2 heteroatoms. The summed E-state index contributed by atoms with van der Waals surface area (Å²) in [6.07, 6.45) is 7.82. The van der Waals surface area contributed by atoms with E-state index in [1.54, 1.807) is 7.05 Å². The van der Waals surface area contributed by atoms with Gasteiger partial charge in [-0.1, -0.05) is 0 Å². The standard InChI is InChI=1S/C7H6N2/c1-3-4-5-9-7-6-8-2/h1,6-7H,2H3. The molecule has 0 saturated heterocycles. The minimum absolute atomic E-state index is 1.48. The monoisotopic (exact) mass is 118 g/mol. The quantitative estimate of drug-likeness (QED) is 0.350. The molecule has 0 aromatic carbocycles. The zero-order valence-electron chi connectivity index (χ0n) is 5.13. The molecule has 0 atom stereocenters. The molecule has 0 rings (SSSR count). The van der Waals surface area contributed by atoms with Gasteiger partial charge in [-0.3, -0.25) is 4.99 Å². The number of nitrogens with zero attached hydrogens (tertiary/aromatic N) is 2. The van der Waals surface area contributed by atoms with E-state index < -0.39 is 0 Å². The molecule has 0 radical (unpaired) electrons. The van der Waals surface area contributed by atoms with Crippen molar-refractivity contribution in [2.75, 3.05) is 7.05 Å². The van der Waals surface area contributed by atoms with E-state index in [-0.39, 0.29) is 0 Å². The molecule has 0 bridgehead atoms. The fourth-order valence-electron chi connectivity index (χ4n) is 0.202. The van der Waals surface area contributed by atoms with Crippen LogP contribution in [0.2, 0.25) is 0 Å². The zero-order valence-corrected chi connectivity index (χ0v) is 5.13. The summed E-state index contributed by atoms with van der Waals surface area (Å²) >= 11 is 0. The van der Waals surface area contributed by atoms with Crippen LogP contribution in [-0.4, -0.2) is 19.5 Å². The van der Waals surface area contributed by atoms with Crippen LogP contribution in [0.3, 0.4) is 0 Å². The summed E-state index contributed by atoms with van der Waals surface area (Å²) < 4.78 is 0. The van der Waals surface area contributed by atoms with Crippen molar-refractivity contribution in [3.8, 4) is 24.3 Å². The van der Waals surface area contributed by atoms with E-state index in [0.29, 0.717) is 0 Å². The van der Waals surface area contributed by atoms with Crippen LogP contribution in [0.4, 0.5) is 0 Å². The SMILES string of the molecule is C#CC#CN=CC=NC. The Labute approximate surface area is 54.7 Å². The second kappa shape index (κ2) is 6.46. The molecule has 2 nitrogen and oxygen atoms in total. The summed E-state index contributed by atoms with van der Waals surface area (Å²) in [7, 11) is 1.65. The molecule has 0 amide bonds. The largest absolute Gasteiger partial charge is 0.295 e. The normalized spacial score (nSPS) is 8.89. The van der Waals surface area contributed by atoms with E-state index in [1.807, 2.05) is 0 Å². The molecule has 0 fully saturated rings. The number of terminal acetylenes is 1. The zero-order chi connectivity index (χ0) is 6.95. The summed E-state index contributed by atoms with van der Waals surface area (Å²) in [4.78, 5) is 7.21. The molecule has 44 valence electrons. The molecule has 0 aliphatic heterocycles. The van der Waals surface area contributed by atoms with Gasteiger partial charge in [0.05, 0.1) is 6.21 Å². The molecule has 0 N–H and O–H groups in total. The molecule has 0 aliphatic rings. The van der Waals surface area contributed by atoms with Gasteiger partial charge in [-0.15, -0.1) is 6.42 Å². The fraction of sp³-hybridized carbons (Fsp3) is 0.143. The Morgan fingerprint density at radius 1 is 1.44 bits per heavy atom. The maximum atomic E-state index is 4.81. The summed E-state index contributed by atoms with van der Waals surface area (Å²) in [6.45, 7) is 0. The Hall–Kier alpha value is -1.54. The van der Waals surface area contributed by atoms with E-state index >= 15 is 0 Å². The molecule has 0 spiro atoms. The smallest absolute Gasteiger partial charge is 0.0554 e. The lowest BCUT2D eigenvalue weighted by molar-refractivity contribution is 1.48. The summed E-state index contributed by atoms with van der Waals surface area (Å²) in [5, 5.41) is 0. The van der Waals surface area contributed by atoms with E-state index in [0.717, 1.165) is 0 Å². The number of rotatable bonds is 1. The van der Waals surface area contributed by atoms with Crippen molar-refractivity contribution in [3.63, 3.8) is 0 Å². The lowest BCUT2D eigenvalue weighted by atomic mass is 10.7. The van der Waals surface area contributed by atoms with Gasteiger partial charge in [0.2, 0.25) is 0 Å². The Morgan fingerprint density at radius 3 is 2.78 bits per heavy atom. The fourth-order valence-corrected chi connectivity index (χ4v) is 0.202. The van der Waals surface area contributed by atoms with Crippen molar-refractivity contribution in [2.24, 2.45) is 9.98 Å². The Morgan fingerprint density at radius 2 is 2.22 bits per heavy atom. The van der Waals surface area contributed by atoms with Crippen molar-refractivity contribution in [2.45, 2.75) is 0 Å². The second-order valence-corrected chi connectivity index (χ2v) is 1.07. The Balaban J connectivity index is 3.63. The maximum absolute atomic E-state index is 4.81. The highest BCUT2D eigenvalue weighted by Crippen LogP contribution is 1.56. The van der Waals surface area contributed by atoms with E-state index in [1.165, 1.54) is 12.4 Å². The van der Waals surface area contributed by atoms with Crippen molar-refractivity contribution in [3.05, 3.63) is 0 Å². The predicted octanol–water partition coefficient (Wildman–Crippen LogP) is 0.352. The van der Waals surface area contributed by atoms with Crippen molar-refractivity contribution >= 4 is 12.4 Å². The number of hydrogen-bond donors (Lipinski definition) is 0. The highest BCUT2D eigenvalue weighted by Gasteiger charge is 1.56. The van der Waals surface area contributed by atoms with Gasteiger partial charge in [-0.2, -0.15) is 0 Å². The van der Waals surface area contributed by atoms with Crippen molar-refractivity contribution in [1.29, 1.82) is 0 Å². The molecule has 0 unspecified atom stereocenters. The summed E-state index contributed by atoms with van der Waals surface area (Å²) in [5.74, 6) is 4.45. The molecular formula is C7H6N2. The van der Waals surface area contributed by atoms with Gasteiger partial charge in [0.25, 0.3) is 0 Å². The predicted molar refractivity (Wildman–Crippen MR) is 39.5 cm³/mol. The van der Waals surface area contributed by atoms with Crippen LogP contribution in [0.15, 0.2) is 9.98 Å². The lowest BCUT2D eigenvalue weighted by Crippen LogP contribution is -1.70. The van der Waals surface area contributed by atoms with E-state index in [9.17, 15) is 0 Å². The van der Waals surface area contributed by atoms with Crippen LogP contribution >= 0.6 is 0 Å². The van der Waals surface area contributed by atoms with Gasteiger partial charge in [0.15, 0.2) is 0 Å². The number of aliphatic imine (C=N–C) groups is 2. The van der Waals surface area contributed by atoms with E-state index in [2.05, 4.69) is 27.9 Å². The highest BCUT2D eigenvalue weighted by molar-refractivity contribution is 6.16. The third-order valence-corrected chi connectivity index (χ3v) is 0.483. The van der Waals surface area contributed by atoms with Gasteiger partial charge in [0, 0.05) is 25.2 Å². The van der Waals surface area contributed by atoms with Crippen molar-refractivity contribution < 1.29 is 0 Å². The van der Waals surface area contributed by atoms with Crippen LogP contribution in [0.1, 0.15) is 0 Å². The van der Waals surface area contributed by atoms with Gasteiger partial charge in [0.1, 0.15) is 0 Å². The first kappa shape index (κ1) is 7.46. The third kappa shape index (κ3) is 6.46. The molecule has 0 aliphatic carbocycles. The molecule has 9 heavy (non-hydrogen) atoms. The van der Waals surface area contributed by atoms with Crippen molar-refractivity contribution in [1.82, 2.24) is 0 Å². The average molecular weight is 118 g/mol. The average Bonchev–Trinajstić information content (AvgIpc) is 1.89. The van der Waals surface area contributed by atoms with Crippen LogP contribution < -0.4 is 0 Å². The first-order valence-electron chi connectivity index (χ1n) is 2.31. The van der Waals surface area contributed by atoms with Gasteiger partial charge >= 0.3 is 0 Å². The molecule has 0 heterocycles. The molecule has 0 aromatic heterocycles. The third-order valence-electron chi connectivity index (χ3n) is 0.483. The Kier molecular flexibility index (Phi) is 5.35. The number of hydrogen-bond acceptors (Lipinski definition) is 2. The maximum Gasteiger partial charge on any atom is 0.0554 e. The summed E-state index contributed by atoms with van der Waals surface area (Å²) in [6, 6.07) is 2.36. The highest BCUT2D eigenvalue weighted by atomic mass is 14.7. The Bertz CT molecular complexity index is 207. The molecule has 0 saturated carbocycles. The van der Waals surface area contributed by atoms with Gasteiger partial charge in [-0.25, -0.2) is 4.99 Å². The molecular weight excluding hydrogens is 112 g/mol. The van der Waals surface area contributed by atoms with Gasteiger partial charge < -0.3 is 0 Å². The second-order valence-electron chi connectivity index (χ2n) is 1.07. The topological polar surface area (TPSA) is 24.7 Å². The first-order valence-corrected chi connectivity index (χ1v) is 2.31. The van der Waals surface area contributed by atoms with Gasteiger partial charge in [-0.05, 0) is 5.92 Å². The minimum atomic E-state index is 1.48. The first-order chi connectivity index (χ1) is 4.41. The van der Waals surface area contributed by atoms with Crippen LogP contribution in [0, 0.1) is 24.3 Å². The van der Waals surface area contributed by atoms with Crippen LogP contribution in [-0.2, 0) is 0 Å². The van der Waals surface area contributed by atoms with Crippen LogP contribution in [0.5, 0.6) is 0 Å². The summed E-state index contributed by atoms with van der Waals surface area (Å²) in [5.41, 5.74) is 0.